The molecule has 1 N–H and O–H groups in total. The van der Waals surface area contributed by atoms with Crippen LogP contribution in [0.15, 0.2) is 42.6 Å². The van der Waals surface area contributed by atoms with Gasteiger partial charge in [0.25, 0.3) is 0 Å². The van der Waals surface area contributed by atoms with Crippen LogP contribution in [0.2, 0.25) is 0 Å². The van der Waals surface area contributed by atoms with Crippen LogP contribution in [0.3, 0.4) is 0 Å². The van der Waals surface area contributed by atoms with Crippen LogP contribution in [0, 0.1) is 13.8 Å². The Labute approximate surface area is 109 Å². The fourth-order valence-corrected chi connectivity index (χ4v) is 2.06. The highest BCUT2D eigenvalue weighted by molar-refractivity contribution is 5.28. The summed E-state index contributed by atoms with van der Waals surface area (Å²) in [4.78, 5) is 4.31. The monoisotopic (exact) mass is 240 g/mol. The summed E-state index contributed by atoms with van der Waals surface area (Å²) in [6, 6.07) is 13.0. The minimum Gasteiger partial charge on any atom is -0.306 e. The van der Waals surface area contributed by atoms with Gasteiger partial charge in [0.1, 0.15) is 0 Å². The third-order valence-corrected chi connectivity index (χ3v) is 3.24. The Morgan fingerprint density at radius 3 is 2.56 bits per heavy atom. The molecule has 0 unspecified atom stereocenters. The van der Waals surface area contributed by atoms with Crippen LogP contribution in [0.4, 0.5) is 0 Å². The van der Waals surface area contributed by atoms with E-state index >= 15 is 0 Å². The lowest BCUT2D eigenvalue weighted by atomic mass is 10.0. The van der Waals surface area contributed by atoms with Crippen LogP contribution in [0.25, 0.3) is 0 Å². The molecule has 0 saturated heterocycles. The van der Waals surface area contributed by atoms with E-state index in [1.54, 1.807) is 0 Å². The Morgan fingerprint density at radius 1 is 1.11 bits per heavy atom. The van der Waals surface area contributed by atoms with Crippen LogP contribution in [-0.2, 0) is 6.54 Å². The van der Waals surface area contributed by atoms with E-state index in [1.807, 2.05) is 13.1 Å². The maximum Gasteiger partial charge on any atom is 0.0372 e. The van der Waals surface area contributed by atoms with Gasteiger partial charge in [-0.3, -0.25) is 4.98 Å². The largest absolute Gasteiger partial charge is 0.306 e. The van der Waals surface area contributed by atoms with E-state index in [4.69, 9.17) is 0 Å². The van der Waals surface area contributed by atoms with Gasteiger partial charge in [0.2, 0.25) is 0 Å². The molecule has 0 fully saturated rings. The van der Waals surface area contributed by atoms with Crippen molar-refractivity contribution in [2.45, 2.75) is 33.4 Å². The molecular weight excluding hydrogens is 220 g/mol. The van der Waals surface area contributed by atoms with E-state index in [2.05, 4.69) is 60.5 Å². The highest BCUT2D eigenvalue weighted by Gasteiger charge is 2.06. The number of aromatic nitrogens is 1. The molecule has 0 saturated carbocycles. The zero-order chi connectivity index (χ0) is 13.0. The molecule has 2 rings (SSSR count). The lowest BCUT2D eigenvalue weighted by molar-refractivity contribution is 0.571. The first-order chi connectivity index (χ1) is 8.66. The maximum atomic E-state index is 4.31. The third kappa shape index (κ3) is 3.17. The second kappa shape index (κ2) is 5.78. The average molecular weight is 240 g/mol. The number of hydrogen-bond donors (Lipinski definition) is 1. The lowest BCUT2D eigenvalue weighted by Gasteiger charge is -2.16. The first kappa shape index (κ1) is 12.8. The second-order valence-electron chi connectivity index (χ2n) is 4.77. The summed E-state index contributed by atoms with van der Waals surface area (Å²) in [6.45, 7) is 7.21. The predicted molar refractivity (Wildman–Crippen MR) is 75.4 cm³/mol. The first-order valence-electron chi connectivity index (χ1n) is 6.37. The first-order valence-corrected chi connectivity index (χ1v) is 6.37. The van der Waals surface area contributed by atoms with Crippen LogP contribution in [-0.4, -0.2) is 4.98 Å². The van der Waals surface area contributed by atoms with E-state index in [0.717, 1.165) is 12.2 Å². The number of aryl methyl sites for hydroxylation is 2. The highest BCUT2D eigenvalue weighted by atomic mass is 14.9. The number of rotatable bonds is 4. The Morgan fingerprint density at radius 2 is 1.89 bits per heavy atom. The van der Waals surface area contributed by atoms with Gasteiger partial charge in [-0.1, -0.05) is 30.3 Å². The molecule has 94 valence electrons. The quantitative estimate of drug-likeness (QED) is 0.884. The SMILES string of the molecule is Cc1ccc(CN[C@H](C)c2ccccc2C)cn1. The predicted octanol–water partition coefficient (Wildman–Crippen LogP) is 3.55. The molecule has 1 atom stereocenters. The summed E-state index contributed by atoms with van der Waals surface area (Å²) in [6.07, 6.45) is 1.94. The highest BCUT2D eigenvalue weighted by Crippen LogP contribution is 2.17. The van der Waals surface area contributed by atoms with Gasteiger partial charge in [0.05, 0.1) is 0 Å². The van der Waals surface area contributed by atoms with E-state index in [9.17, 15) is 0 Å². The topological polar surface area (TPSA) is 24.9 Å². The van der Waals surface area contributed by atoms with E-state index in [-0.39, 0.29) is 0 Å². The zero-order valence-electron chi connectivity index (χ0n) is 11.3. The Bertz CT molecular complexity index is 503. The molecule has 1 heterocycles. The molecule has 0 spiro atoms. The number of nitrogens with one attached hydrogen (secondary N) is 1. The van der Waals surface area contributed by atoms with Crippen LogP contribution in [0.5, 0.6) is 0 Å². The van der Waals surface area contributed by atoms with Crippen molar-refractivity contribution >= 4 is 0 Å². The minimum atomic E-state index is 0.354. The Balaban J connectivity index is 1.98. The molecule has 0 aliphatic heterocycles. The van der Waals surface area contributed by atoms with Crippen LogP contribution in [0.1, 0.15) is 35.3 Å². The lowest BCUT2D eigenvalue weighted by Crippen LogP contribution is -2.18. The zero-order valence-corrected chi connectivity index (χ0v) is 11.3. The third-order valence-electron chi connectivity index (χ3n) is 3.24. The summed E-state index contributed by atoms with van der Waals surface area (Å²) in [5.74, 6) is 0. The molecule has 0 amide bonds. The second-order valence-corrected chi connectivity index (χ2v) is 4.77. The summed E-state index contributed by atoms with van der Waals surface area (Å²) in [5, 5.41) is 3.54. The van der Waals surface area contributed by atoms with E-state index < -0.39 is 0 Å². The van der Waals surface area contributed by atoms with Gasteiger partial charge < -0.3 is 5.32 Å². The average Bonchev–Trinajstić information content (AvgIpc) is 2.38. The van der Waals surface area contributed by atoms with Crippen molar-refractivity contribution in [3.8, 4) is 0 Å². The molecular formula is C16H20N2. The summed E-state index contributed by atoms with van der Waals surface area (Å²) >= 11 is 0. The van der Waals surface area contributed by atoms with Crippen LogP contribution >= 0.6 is 0 Å². The molecule has 2 nitrogen and oxygen atoms in total. The van der Waals surface area contributed by atoms with Gasteiger partial charge in [-0.15, -0.1) is 0 Å². The summed E-state index contributed by atoms with van der Waals surface area (Å²) < 4.78 is 0. The van der Waals surface area contributed by atoms with Gasteiger partial charge in [-0.05, 0) is 43.5 Å². The Hall–Kier alpha value is -1.67. The van der Waals surface area contributed by atoms with Crippen molar-refractivity contribution in [2.75, 3.05) is 0 Å². The minimum absolute atomic E-state index is 0.354. The van der Waals surface area contributed by atoms with Crippen molar-refractivity contribution in [2.24, 2.45) is 0 Å². The van der Waals surface area contributed by atoms with E-state index in [0.29, 0.717) is 6.04 Å². The number of pyridine rings is 1. The molecule has 18 heavy (non-hydrogen) atoms. The fourth-order valence-electron chi connectivity index (χ4n) is 2.06. The summed E-state index contributed by atoms with van der Waals surface area (Å²) in [5.41, 5.74) is 4.98. The summed E-state index contributed by atoms with van der Waals surface area (Å²) in [7, 11) is 0. The Kier molecular flexibility index (Phi) is 4.11. The van der Waals surface area contributed by atoms with Crippen molar-refractivity contribution in [3.05, 3.63) is 65.0 Å². The number of benzene rings is 1. The van der Waals surface area contributed by atoms with Gasteiger partial charge in [-0.25, -0.2) is 0 Å². The standard InChI is InChI=1S/C16H20N2/c1-12-6-4-5-7-16(12)14(3)18-11-15-9-8-13(2)17-10-15/h4-10,14,18H,11H2,1-3H3/t14-/m1/s1. The van der Waals surface area contributed by atoms with Crippen LogP contribution < -0.4 is 5.32 Å². The molecule has 0 aliphatic carbocycles. The van der Waals surface area contributed by atoms with Crippen molar-refractivity contribution in [1.29, 1.82) is 0 Å². The number of nitrogens with zero attached hydrogens (tertiary/aromatic N) is 1. The maximum absolute atomic E-state index is 4.31. The van der Waals surface area contributed by atoms with Gasteiger partial charge in [-0.2, -0.15) is 0 Å². The van der Waals surface area contributed by atoms with Crippen molar-refractivity contribution in [1.82, 2.24) is 10.3 Å². The normalized spacial score (nSPS) is 12.4. The molecule has 0 bridgehead atoms. The molecule has 0 aliphatic rings. The van der Waals surface area contributed by atoms with Crippen molar-refractivity contribution in [3.63, 3.8) is 0 Å². The van der Waals surface area contributed by atoms with Gasteiger partial charge in [0.15, 0.2) is 0 Å². The molecule has 1 aromatic carbocycles. The van der Waals surface area contributed by atoms with E-state index in [1.165, 1.54) is 16.7 Å². The van der Waals surface area contributed by atoms with Crippen molar-refractivity contribution < 1.29 is 0 Å². The molecule has 1 aromatic heterocycles. The number of hydrogen-bond acceptors (Lipinski definition) is 2. The fraction of sp³-hybridized carbons (Fsp3) is 0.312. The molecule has 0 radical (unpaired) electrons. The van der Waals surface area contributed by atoms with Gasteiger partial charge >= 0.3 is 0 Å². The van der Waals surface area contributed by atoms with Gasteiger partial charge in [0, 0.05) is 24.5 Å². The molecule has 2 aromatic rings. The molecule has 2 heteroatoms. The smallest absolute Gasteiger partial charge is 0.0372 e.